The molecule has 0 saturated heterocycles. The van der Waals surface area contributed by atoms with E-state index in [0.29, 0.717) is 19.4 Å². The van der Waals surface area contributed by atoms with Gasteiger partial charge in [-0.25, -0.2) is 14.4 Å². The Hall–Kier alpha value is -5.06. The molecular formula is C32H38N4O7. The number of hydrogen-bond acceptors (Lipinski definition) is 7. The van der Waals surface area contributed by atoms with E-state index in [1.165, 1.54) is 0 Å². The molecule has 0 aliphatic rings. The third kappa shape index (κ3) is 14.4. The molecule has 0 aromatic heterocycles. The highest BCUT2D eigenvalue weighted by Gasteiger charge is 2.18. The van der Waals surface area contributed by atoms with Gasteiger partial charge in [0, 0.05) is 32.1 Å². The summed E-state index contributed by atoms with van der Waals surface area (Å²) in [6.45, 7) is 1.04. The molecule has 0 saturated carbocycles. The lowest BCUT2D eigenvalue weighted by Crippen LogP contribution is -2.41. The molecular weight excluding hydrogens is 552 g/mol. The minimum Gasteiger partial charge on any atom is -0.445 e. The van der Waals surface area contributed by atoms with Crippen LogP contribution in [0.15, 0.2) is 91.0 Å². The molecule has 1 atom stereocenters. The predicted octanol–water partition coefficient (Wildman–Crippen LogP) is 4.42. The molecule has 0 spiro atoms. The normalized spacial score (nSPS) is 11.0. The number of amides is 4. The van der Waals surface area contributed by atoms with Crippen LogP contribution in [0.25, 0.3) is 0 Å². The Morgan fingerprint density at radius 1 is 0.535 bits per heavy atom. The smallest absolute Gasteiger partial charge is 0.407 e. The number of ether oxygens (including phenoxy) is 3. The van der Waals surface area contributed by atoms with Gasteiger partial charge in [-0.15, -0.1) is 0 Å². The van der Waals surface area contributed by atoms with Gasteiger partial charge in [0.15, 0.2) is 0 Å². The molecule has 11 heteroatoms. The van der Waals surface area contributed by atoms with E-state index in [1.807, 2.05) is 91.0 Å². The summed E-state index contributed by atoms with van der Waals surface area (Å²) in [5.41, 5.74) is 2.58. The predicted molar refractivity (Wildman–Crippen MR) is 160 cm³/mol. The molecule has 0 bridgehead atoms. The van der Waals surface area contributed by atoms with Crippen molar-refractivity contribution in [2.45, 2.75) is 45.1 Å². The zero-order valence-corrected chi connectivity index (χ0v) is 24.0. The zero-order chi connectivity index (χ0) is 30.5. The third-order valence-corrected chi connectivity index (χ3v) is 6.11. The first kappa shape index (κ1) is 32.5. The van der Waals surface area contributed by atoms with Crippen LogP contribution in [0.1, 0.15) is 36.0 Å². The van der Waals surface area contributed by atoms with E-state index in [4.69, 9.17) is 14.2 Å². The van der Waals surface area contributed by atoms with Gasteiger partial charge in [0.05, 0.1) is 0 Å². The lowest BCUT2D eigenvalue weighted by atomic mass is 10.1. The summed E-state index contributed by atoms with van der Waals surface area (Å²) in [7, 11) is 0. The Kier molecular flexibility index (Phi) is 14.4. The number of hydrogen-bond donors (Lipinski definition) is 4. The van der Waals surface area contributed by atoms with Crippen LogP contribution in [0.4, 0.5) is 14.4 Å². The molecule has 0 heterocycles. The summed E-state index contributed by atoms with van der Waals surface area (Å²) >= 11 is 0. The van der Waals surface area contributed by atoms with Crippen LogP contribution < -0.4 is 21.3 Å². The maximum Gasteiger partial charge on any atom is 0.407 e. The van der Waals surface area contributed by atoms with E-state index in [-0.39, 0.29) is 45.2 Å². The second-order valence-electron chi connectivity index (χ2n) is 9.58. The monoisotopic (exact) mass is 590 g/mol. The fourth-order valence-corrected chi connectivity index (χ4v) is 3.91. The molecule has 0 unspecified atom stereocenters. The van der Waals surface area contributed by atoms with Crippen molar-refractivity contribution in [1.29, 1.82) is 0 Å². The van der Waals surface area contributed by atoms with Crippen molar-refractivity contribution in [1.82, 2.24) is 21.3 Å². The maximum absolute atomic E-state index is 12.6. The zero-order valence-electron chi connectivity index (χ0n) is 24.0. The summed E-state index contributed by atoms with van der Waals surface area (Å²) < 4.78 is 15.7. The first-order valence-corrected chi connectivity index (χ1v) is 14.1. The topological polar surface area (TPSA) is 144 Å². The van der Waals surface area contributed by atoms with Gasteiger partial charge in [0.1, 0.15) is 19.8 Å². The van der Waals surface area contributed by atoms with Crippen LogP contribution >= 0.6 is 0 Å². The van der Waals surface area contributed by atoms with Crippen molar-refractivity contribution in [3.63, 3.8) is 0 Å². The highest BCUT2D eigenvalue weighted by Crippen LogP contribution is 2.06. The average Bonchev–Trinajstić information content (AvgIpc) is 3.03. The van der Waals surface area contributed by atoms with Crippen LogP contribution in [0, 0.1) is 0 Å². The fourth-order valence-electron chi connectivity index (χ4n) is 3.91. The number of alkyl carbamates (subject to hydrolysis) is 3. The summed E-state index contributed by atoms with van der Waals surface area (Å²) in [6, 6.07) is 27.3. The van der Waals surface area contributed by atoms with Crippen LogP contribution in [0.2, 0.25) is 0 Å². The minimum absolute atomic E-state index is 0.0165. The Morgan fingerprint density at radius 2 is 0.953 bits per heavy atom. The first-order chi connectivity index (χ1) is 21.0. The molecule has 0 aliphatic heterocycles. The molecule has 0 radical (unpaired) electrons. The van der Waals surface area contributed by atoms with Crippen LogP contribution in [-0.4, -0.2) is 49.9 Å². The minimum atomic E-state index is -0.653. The Labute approximate surface area is 251 Å². The van der Waals surface area contributed by atoms with Crippen molar-refractivity contribution >= 4 is 24.2 Å². The molecule has 3 aromatic rings. The number of rotatable bonds is 16. The van der Waals surface area contributed by atoms with Crippen molar-refractivity contribution < 1.29 is 33.4 Å². The second-order valence-corrected chi connectivity index (χ2v) is 9.58. The van der Waals surface area contributed by atoms with E-state index < -0.39 is 24.3 Å². The number of carbonyl (C=O) groups excluding carboxylic acids is 4. The molecule has 228 valence electrons. The largest absolute Gasteiger partial charge is 0.445 e. The maximum atomic E-state index is 12.6. The van der Waals surface area contributed by atoms with Crippen molar-refractivity contribution in [2.24, 2.45) is 0 Å². The molecule has 43 heavy (non-hydrogen) atoms. The van der Waals surface area contributed by atoms with Gasteiger partial charge in [-0.1, -0.05) is 91.0 Å². The lowest BCUT2D eigenvalue weighted by Gasteiger charge is -2.19. The summed E-state index contributed by atoms with van der Waals surface area (Å²) in [5.74, 6) is -0.317. The van der Waals surface area contributed by atoms with Gasteiger partial charge in [0.25, 0.3) is 0 Å². The SMILES string of the molecule is O=C(C[C@@H](CCCNC(=O)OCc1ccccc1)NC(=O)OCc1ccccc1)NCCNC(=O)OCc1ccccc1. The molecule has 4 N–H and O–H groups in total. The van der Waals surface area contributed by atoms with Crippen molar-refractivity contribution in [2.75, 3.05) is 19.6 Å². The second kappa shape index (κ2) is 19.1. The van der Waals surface area contributed by atoms with Crippen molar-refractivity contribution in [3.05, 3.63) is 108 Å². The summed E-state index contributed by atoms with van der Waals surface area (Å²) in [6.07, 6.45) is -0.933. The van der Waals surface area contributed by atoms with E-state index in [9.17, 15) is 19.2 Å². The third-order valence-electron chi connectivity index (χ3n) is 6.11. The van der Waals surface area contributed by atoms with Crippen LogP contribution in [-0.2, 0) is 38.8 Å². The van der Waals surface area contributed by atoms with Crippen LogP contribution in [0.3, 0.4) is 0 Å². The Balaban J connectivity index is 1.37. The van der Waals surface area contributed by atoms with E-state index in [1.54, 1.807) is 0 Å². The van der Waals surface area contributed by atoms with Crippen molar-refractivity contribution in [3.8, 4) is 0 Å². The summed E-state index contributed by atoms with van der Waals surface area (Å²) in [5, 5.41) is 10.7. The number of carbonyl (C=O) groups is 4. The molecule has 11 nitrogen and oxygen atoms in total. The first-order valence-electron chi connectivity index (χ1n) is 14.1. The van der Waals surface area contributed by atoms with Gasteiger partial charge in [-0.2, -0.15) is 0 Å². The molecule has 3 rings (SSSR count). The highest BCUT2D eigenvalue weighted by atomic mass is 16.6. The number of benzene rings is 3. The van der Waals surface area contributed by atoms with E-state index in [2.05, 4.69) is 21.3 Å². The van der Waals surface area contributed by atoms with Gasteiger partial charge in [-0.3, -0.25) is 4.79 Å². The fraction of sp³-hybridized carbons (Fsp3) is 0.312. The molecule has 0 fully saturated rings. The van der Waals surface area contributed by atoms with Gasteiger partial charge in [-0.05, 0) is 29.5 Å². The van der Waals surface area contributed by atoms with E-state index in [0.717, 1.165) is 16.7 Å². The van der Waals surface area contributed by atoms with Crippen LogP contribution in [0.5, 0.6) is 0 Å². The van der Waals surface area contributed by atoms with Gasteiger partial charge >= 0.3 is 18.3 Å². The highest BCUT2D eigenvalue weighted by molar-refractivity contribution is 5.77. The molecule has 3 aromatic carbocycles. The summed E-state index contributed by atoms with van der Waals surface area (Å²) in [4.78, 5) is 49.0. The van der Waals surface area contributed by atoms with Gasteiger partial charge in [0.2, 0.25) is 5.91 Å². The molecule has 4 amide bonds. The Morgan fingerprint density at radius 3 is 1.44 bits per heavy atom. The molecule has 0 aliphatic carbocycles. The number of nitrogens with one attached hydrogen (secondary N) is 4. The van der Waals surface area contributed by atoms with E-state index >= 15 is 0 Å². The lowest BCUT2D eigenvalue weighted by molar-refractivity contribution is -0.121. The van der Waals surface area contributed by atoms with Gasteiger partial charge < -0.3 is 35.5 Å². The quantitative estimate of drug-likeness (QED) is 0.143. The average molecular weight is 591 g/mol. The Bertz CT molecular complexity index is 1260. The standard InChI is InChI=1S/C32H38N4O7/c37-29(33-19-20-35-31(39)42-23-26-13-6-2-7-14-26)21-28(36-32(40)43-24-27-15-8-3-9-16-27)17-10-18-34-30(38)41-22-25-11-4-1-5-12-25/h1-9,11-16,28H,10,17-24H2,(H,33,37)(H,34,38)(H,35,39)(H,36,40)/t28-/m1/s1.